The molecule has 26 heavy (non-hydrogen) atoms. The van der Waals surface area contributed by atoms with E-state index in [-0.39, 0.29) is 17.5 Å². The van der Waals surface area contributed by atoms with Gasteiger partial charge in [0.25, 0.3) is 0 Å². The SMILES string of the molecule is O=S(=O)(c1ccc2c(c1)OCCO2)N1CC[C@@H](Oc2ncccc2Br)C1. The van der Waals surface area contributed by atoms with Crippen LogP contribution in [0.25, 0.3) is 0 Å². The van der Waals surface area contributed by atoms with Crippen LogP contribution in [0.15, 0.2) is 45.9 Å². The molecule has 4 rings (SSSR count). The Labute approximate surface area is 160 Å². The highest BCUT2D eigenvalue weighted by molar-refractivity contribution is 9.10. The van der Waals surface area contributed by atoms with E-state index in [9.17, 15) is 8.42 Å². The van der Waals surface area contributed by atoms with Crippen molar-refractivity contribution in [3.05, 3.63) is 41.0 Å². The lowest BCUT2D eigenvalue weighted by Gasteiger charge is -2.21. The molecular weight excluding hydrogens is 424 g/mol. The van der Waals surface area contributed by atoms with Gasteiger partial charge in [-0.3, -0.25) is 0 Å². The summed E-state index contributed by atoms with van der Waals surface area (Å²) < 4.78 is 44.8. The first-order valence-corrected chi connectivity index (χ1v) is 10.4. The Kier molecular flexibility index (Phi) is 4.76. The van der Waals surface area contributed by atoms with Crippen LogP contribution in [0, 0.1) is 0 Å². The minimum absolute atomic E-state index is 0.196. The minimum atomic E-state index is -3.62. The van der Waals surface area contributed by atoms with Gasteiger partial charge in [-0.1, -0.05) is 0 Å². The molecule has 3 heterocycles. The summed E-state index contributed by atoms with van der Waals surface area (Å²) in [6, 6.07) is 8.33. The Morgan fingerprint density at radius 3 is 2.81 bits per heavy atom. The summed E-state index contributed by atoms with van der Waals surface area (Å²) in [6.07, 6.45) is 2.00. The van der Waals surface area contributed by atoms with E-state index in [0.29, 0.717) is 43.6 Å². The van der Waals surface area contributed by atoms with Crippen LogP contribution in [0.5, 0.6) is 17.4 Å². The summed E-state index contributed by atoms with van der Waals surface area (Å²) in [6.45, 7) is 1.55. The van der Waals surface area contributed by atoms with E-state index in [1.165, 1.54) is 10.4 Å². The number of benzene rings is 1. The molecule has 7 nitrogen and oxygen atoms in total. The molecule has 138 valence electrons. The van der Waals surface area contributed by atoms with Crippen molar-refractivity contribution in [3.8, 4) is 17.4 Å². The third kappa shape index (κ3) is 3.38. The average molecular weight is 441 g/mol. The predicted octanol–water partition coefficient (Wildman–Crippen LogP) is 2.46. The first-order chi connectivity index (χ1) is 12.5. The highest BCUT2D eigenvalue weighted by atomic mass is 79.9. The summed E-state index contributed by atoms with van der Waals surface area (Å²) >= 11 is 3.38. The zero-order chi connectivity index (χ0) is 18.1. The quantitative estimate of drug-likeness (QED) is 0.726. The van der Waals surface area contributed by atoms with Gasteiger partial charge in [0.05, 0.1) is 15.9 Å². The van der Waals surface area contributed by atoms with Crippen LogP contribution in [-0.4, -0.2) is 50.1 Å². The van der Waals surface area contributed by atoms with Crippen molar-refractivity contribution in [2.24, 2.45) is 0 Å². The molecule has 2 aliphatic heterocycles. The molecule has 1 saturated heterocycles. The van der Waals surface area contributed by atoms with Gasteiger partial charge in [0.2, 0.25) is 15.9 Å². The molecule has 2 aromatic rings. The molecule has 1 atom stereocenters. The predicted molar refractivity (Wildman–Crippen MR) is 97.2 cm³/mol. The molecule has 0 aliphatic carbocycles. The second-order valence-corrected chi connectivity index (χ2v) is 8.78. The van der Waals surface area contributed by atoms with Gasteiger partial charge >= 0.3 is 0 Å². The van der Waals surface area contributed by atoms with Crippen molar-refractivity contribution in [1.82, 2.24) is 9.29 Å². The molecule has 2 aliphatic rings. The van der Waals surface area contributed by atoms with Crippen LogP contribution in [0.4, 0.5) is 0 Å². The first-order valence-electron chi connectivity index (χ1n) is 8.21. The fourth-order valence-corrected chi connectivity index (χ4v) is 4.81. The standard InChI is InChI=1S/C17H17BrN2O5S/c18-14-2-1-6-19-17(14)25-12-5-7-20(11-12)26(21,22)13-3-4-15-16(10-13)24-9-8-23-15/h1-4,6,10,12H,5,7-9,11H2/t12-/m1/s1. The third-order valence-corrected chi connectivity index (χ3v) is 6.73. The van der Waals surface area contributed by atoms with E-state index in [2.05, 4.69) is 20.9 Å². The van der Waals surface area contributed by atoms with E-state index in [1.807, 2.05) is 6.07 Å². The van der Waals surface area contributed by atoms with Crippen LogP contribution in [0.3, 0.4) is 0 Å². The topological polar surface area (TPSA) is 78.0 Å². The zero-order valence-electron chi connectivity index (χ0n) is 13.8. The smallest absolute Gasteiger partial charge is 0.243 e. The molecule has 0 radical (unpaired) electrons. The van der Waals surface area contributed by atoms with E-state index in [0.717, 1.165) is 4.47 Å². The van der Waals surface area contributed by atoms with E-state index < -0.39 is 10.0 Å². The van der Waals surface area contributed by atoms with Crippen molar-refractivity contribution in [1.29, 1.82) is 0 Å². The first kappa shape index (κ1) is 17.6. The number of ether oxygens (including phenoxy) is 3. The lowest BCUT2D eigenvalue weighted by atomic mass is 10.3. The molecule has 0 bridgehead atoms. The van der Waals surface area contributed by atoms with Gasteiger partial charge in [-0.05, 0) is 46.6 Å². The van der Waals surface area contributed by atoms with Gasteiger partial charge in [-0.2, -0.15) is 4.31 Å². The number of nitrogens with zero attached hydrogens (tertiary/aromatic N) is 2. The fraction of sp³-hybridized carbons (Fsp3) is 0.353. The summed E-state index contributed by atoms with van der Waals surface area (Å²) in [7, 11) is -3.62. The minimum Gasteiger partial charge on any atom is -0.486 e. The Morgan fingerprint density at radius 2 is 2.00 bits per heavy atom. The molecular formula is C17H17BrN2O5S. The van der Waals surface area contributed by atoms with E-state index in [1.54, 1.807) is 24.4 Å². The normalized spacial score (nSPS) is 20.1. The molecule has 1 aromatic heterocycles. The lowest BCUT2D eigenvalue weighted by molar-refractivity contribution is 0.171. The number of hydrogen-bond acceptors (Lipinski definition) is 6. The Balaban J connectivity index is 1.50. The maximum atomic E-state index is 12.9. The number of pyridine rings is 1. The maximum Gasteiger partial charge on any atom is 0.243 e. The second-order valence-electron chi connectivity index (χ2n) is 5.99. The van der Waals surface area contributed by atoms with E-state index in [4.69, 9.17) is 14.2 Å². The highest BCUT2D eigenvalue weighted by Crippen LogP contribution is 2.34. The molecule has 1 aromatic carbocycles. The Hall–Kier alpha value is -1.84. The Bertz CT molecular complexity index is 921. The van der Waals surface area contributed by atoms with Gasteiger partial charge in [-0.25, -0.2) is 13.4 Å². The Morgan fingerprint density at radius 1 is 1.19 bits per heavy atom. The van der Waals surface area contributed by atoms with Crippen LogP contribution < -0.4 is 14.2 Å². The van der Waals surface area contributed by atoms with Crippen LogP contribution in [0.2, 0.25) is 0 Å². The lowest BCUT2D eigenvalue weighted by Crippen LogP contribution is -2.31. The maximum absolute atomic E-state index is 12.9. The van der Waals surface area contributed by atoms with E-state index >= 15 is 0 Å². The molecule has 0 amide bonds. The van der Waals surface area contributed by atoms with Crippen LogP contribution in [-0.2, 0) is 10.0 Å². The zero-order valence-corrected chi connectivity index (χ0v) is 16.2. The molecule has 1 fully saturated rings. The summed E-state index contributed by atoms with van der Waals surface area (Å²) in [5, 5.41) is 0. The monoisotopic (exact) mass is 440 g/mol. The van der Waals surface area contributed by atoms with Crippen molar-refractivity contribution < 1.29 is 22.6 Å². The number of hydrogen-bond donors (Lipinski definition) is 0. The number of fused-ring (bicyclic) bond motifs is 1. The van der Waals surface area contributed by atoms with Crippen LogP contribution in [0.1, 0.15) is 6.42 Å². The van der Waals surface area contributed by atoms with Crippen LogP contribution >= 0.6 is 15.9 Å². The molecule has 0 spiro atoms. The van der Waals surface area contributed by atoms with Gasteiger partial charge in [-0.15, -0.1) is 0 Å². The number of sulfonamides is 1. The van der Waals surface area contributed by atoms with Gasteiger partial charge in [0.1, 0.15) is 19.3 Å². The molecule has 0 N–H and O–H groups in total. The van der Waals surface area contributed by atoms with Gasteiger partial charge in [0.15, 0.2) is 11.5 Å². The molecule has 0 unspecified atom stereocenters. The highest BCUT2D eigenvalue weighted by Gasteiger charge is 2.34. The third-order valence-electron chi connectivity index (χ3n) is 4.26. The summed E-state index contributed by atoms with van der Waals surface area (Å²) in [5.74, 6) is 1.50. The van der Waals surface area contributed by atoms with Crippen molar-refractivity contribution >= 4 is 26.0 Å². The number of rotatable bonds is 4. The molecule has 0 saturated carbocycles. The van der Waals surface area contributed by atoms with Gasteiger partial charge in [0, 0.05) is 18.8 Å². The fourth-order valence-electron chi connectivity index (χ4n) is 2.96. The van der Waals surface area contributed by atoms with Crippen molar-refractivity contribution in [2.45, 2.75) is 17.4 Å². The summed E-state index contributed by atoms with van der Waals surface area (Å²) in [4.78, 5) is 4.36. The number of aromatic nitrogens is 1. The average Bonchev–Trinajstić information content (AvgIpc) is 3.13. The van der Waals surface area contributed by atoms with Crippen molar-refractivity contribution in [2.75, 3.05) is 26.3 Å². The summed E-state index contributed by atoms with van der Waals surface area (Å²) in [5.41, 5.74) is 0. The molecule has 9 heteroatoms. The second kappa shape index (κ2) is 7.05. The number of halogens is 1. The van der Waals surface area contributed by atoms with Gasteiger partial charge < -0.3 is 14.2 Å². The van der Waals surface area contributed by atoms with Crippen molar-refractivity contribution in [3.63, 3.8) is 0 Å². The largest absolute Gasteiger partial charge is 0.486 e.